The lowest BCUT2D eigenvalue weighted by molar-refractivity contribution is -0.153. The first-order valence-electron chi connectivity index (χ1n) is 6.03. The minimum absolute atomic E-state index is 0.220. The van der Waals surface area contributed by atoms with Crippen molar-refractivity contribution in [2.45, 2.75) is 23.8 Å². The highest BCUT2D eigenvalue weighted by atomic mass is 32.2. The Morgan fingerprint density at radius 2 is 2.20 bits per heavy atom. The number of primary amides is 1. The summed E-state index contributed by atoms with van der Waals surface area (Å²) in [6, 6.07) is 7.88. The number of esters is 1. The molecule has 2 N–H and O–H groups in total. The molecule has 0 unspecified atom stereocenters. The average Bonchev–Trinajstić information content (AvgIpc) is 2.81. The molecule has 1 aromatic carbocycles. The van der Waals surface area contributed by atoms with Gasteiger partial charge in [0.1, 0.15) is 0 Å². The van der Waals surface area contributed by atoms with Crippen molar-refractivity contribution in [3.63, 3.8) is 0 Å². The molecule has 1 atom stereocenters. The number of thioether (sulfide) groups is 1. The van der Waals surface area contributed by atoms with Crippen LogP contribution in [0.3, 0.4) is 0 Å². The molecule has 2 aromatic rings. The Labute approximate surface area is 124 Å². The van der Waals surface area contributed by atoms with Crippen LogP contribution in [0.25, 0.3) is 10.2 Å². The van der Waals surface area contributed by atoms with Crippen molar-refractivity contribution in [3.05, 3.63) is 24.3 Å². The zero-order chi connectivity index (χ0) is 14.5. The highest BCUT2D eigenvalue weighted by molar-refractivity contribution is 8.01. The number of nitrogens with two attached hydrogens (primary N) is 1. The van der Waals surface area contributed by atoms with E-state index in [1.165, 1.54) is 18.7 Å². The third-order valence-corrected chi connectivity index (χ3v) is 4.70. The highest BCUT2D eigenvalue weighted by Gasteiger charge is 2.14. The fraction of sp³-hybridized carbons (Fsp3) is 0.308. The van der Waals surface area contributed by atoms with E-state index in [0.717, 1.165) is 14.6 Å². The third kappa shape index (κ3) is 3.94. The number of carbonyl (C=O) groups is 2. The van der Waals surface area contributed by atoms with Crippen LogP contribution in [0.1, 0.15) is 13.3 Å². The van der Waals surface area contributed by atoms with E-state index >= 15 is 0 Å². The molecule has 0 spiro atoms. The fourth-order valence-electron chi connectivity index (χ4n) is 1.45. The fourth-order valence-corrected chi connectivity index (χ4v) is 3.51. The maximum atomic E-state index is 11.5. The first-order chi connectivity index (χ1) is 9.56. The van der Waals surface area contributed by atoms with Gasteiger partial charge in [-0.3, -0.25) is 9.59 Å². The van der Waals surface area contributed by atoms with Crippen LogP contribution in [0.15, 0.2) is 28.6 Å². The quantitative estimate of drug-likeness (QED) is 0.653. The van der Waals surface area contributed by atoms with Crippen molar-refractivity contribution < 1.29 is 14.3 Å². The summed E-state index contributed by atoms with van der Waals surface area (Å²) in [5.41, 5.74) is 5.98. The summed E-state index contributed by atoms with van der Waals surface area (Å²) < 4.78 is 6.91. The van der Waals surface area contributed by atoms with Gasteiger partial charge in [-0.15, -0.1) is 11.3 Å². The van der Waals surface area contributed by atoms with Gasteiger partial charge in [0.25, 0.3) is 5.91 Å². The molecule has 2 rings (SSSR count). The first kappa shape index (κ1) is 14.8. The van der Waals surface area contributed by atoms with E-state index in [1.807, 2.05) is 24.3 Å². The van der Waals surface area contributed by atoms with Gasteiger partial charge in [0.2, 0.25) is 0 Å². The number of benzene rings is 1. The zero-order valence-corrected chi connectivity index (χ0v) is 12.5. The highest BCUT2D eigenvalue weighted by Crippen LogP contribution is 2.29. The summed E-state index contributed by atoms with van der Waals surface area (Å²) in [6.07, 6.45) is -0.659. The molecule has 0 saturated heterocycles. The number of rotatable bonds is 6. The smallest absolute Gasteiger partial charge is 0.307 e. The second-order valence-electron chi connectivity index (χ2n) is 4.08. The molecular weight excluding hydrogens is 296 g/mol. The molecule has 20 heavy (non-hydrogen) atoms. The van der Waals surface area contributed by atoms with Crippen LogP contribution in [0.4, 0.5) is 0 Å². The van der Waals surface area contributed by atoms with Gasteiger partial charge in [-0.25, -0.2) is 4.98 Å². The predicted molar refractivity (Wildman–Crippen MR) is 79.7 cm³/mol. The zero-order valence-electron chi connectivity index (χ0n) is 10.9. The second-order valence-corrected chi connectivity index (χ2v) is 6.45. The van der Waals surface area contributed by atoms with Crippen molar-refractivity contribution in [2.24, 2.45) is 5.73 Å². The molecule has 7 heteroatoms. The normalized spacial score (nSPS) is 12.2. The summed E-state index contributed by atoms with van der Waals surface area (Å²) in [5, 5.41) is 0. The number of hydrogen-bond donors (Lipinski definition) is 1. The molecule has 0 fully saturated rings. The summed E-state index contributed by atoms with van der Waals surface area (Å²) >= 11 is 3.09. The van der Waals surface area contributed by atoms with Gasteiger partial charge < -0.3 is 10.5 Å². The van der Waals surface area contributed by atoms with E-state index in [1.54, 1.807) is 11.3 Å². The van der Waals surface area contributed by atoms with Crippen molar-refractivity contribution >= 4 is 45.2 Å². The average molecular weight is 310 g/mol. The lowest BCUT2D eigenvalue weighted by Crippen LogP contribution is -2.30. The monoisotopic (exact) mass is 310 g/mol. The van der Waals surface area contributed by atoms with Gasteiger partial charge in [-0.05, 0) is 19.1 Å². The number of amides is 1. The molecule has 5 nitrogen and oxygen atoms in total. The molecule has 0 aliphatic heterocycles. The van der Waals surface area contributed by atoms with Crippen LogP contribution in [0.5, 0.6) is 0 Å². The van der Waals surface area contributed by atoms with Gasteiger partial charge in [0, 0.05) is 5.75 Å². The molecular formula is C13H14N2O3S2. The van der Waals surface area contributed by atoms with Crippen molar-refractivity contribution in [1.82, 2.24) is 4.98 Å². The summed E-state index contributed by atoms with van der Waals surface area (Å²) in [5.74, 6) is -0.508. The van der Waals surface area contributed by atoms with Crippen LogP contribution in [0, 0.1) is 0 Å². The Hall–Kier alpha value is -1.60. The minimum atomic E-state index is -0.880. The van der Waals surface area contributed by atoms with Gasteiger partial charge in [-0.2, -0.15) is 0 Å². The molecule has 0 radical (unpaired) electrons. The largest absolute Gasteiger partial charge is 0.453 e. The van der Waals surface area contributed by atoms with E-state index in [0.29, 0.717) is 5.75 Å². The molecule has 1 amide bonds. The van der Waals surface area contributed by atoms with E-state index < -0.39 is 18.0 Å². The Morgan fingerprint density at radius 1 is 1.45 bits per heavy atom. The number of para-hydroxylation sites is 1. The number of fused-ring (bicyclic) bond motifs is 1. The molecule has 0 aliphatic carbocycles. The van der Waals surface area contributed by atoms with Crippen LogP contribution < -0.4 is 5.73 Å². The number of nitrogens with zero attached hydrogens (tertiary/aromatic N) is 1. The van der Waals surface area contributed by atoms with Crippen LogP contribution in [-0.4, -0.2) is 28.7 Å². The number of hydrogen-bond acceptors (Lipinski definition) is 6. The van der Waals surface area contributed by atoms with Gasteiger partial charge >= 0.3 is 5.97 Å². The van der Waals surface area contributed by atoms with Gasteiger partial charge in [0.15, 0.2) is 10.4 Å². The van der Waals surface area contributed by atoms with Crippen molar-refractivity contribution in [1.29, 1.82) is 0 Å². The SMILES string of the molecule is C[C@H](OC(=O)CCSc1nc2ccccc2s1)C(N)=O. The van der Waals surface area contributed by atoms with E-state index in [2.05, 4.69) is 4.98 Å². The number of thiazole rings is 1. The van der Waals surface area contributed by atoms with E-state index in [4.69, 9.17) is 10.5 Å². The Morgan fingerprint density at radius 3 is 2.90 bits per heavy atom. The van der Waals surface area contributed by atoms with Crippen LogP contribution in [-0.2, 0) is 14.3 Å². The molecule has 0 aliphatic rings. The van der Waals surface area contributed by atoms with E-state index in [-0.39, 0.29) is 6.42 Å². The Kier molecular flexibility index (Phi) is 4.97. The number of ether oxygens (including phenoxy) is 1. The predicted octanol–water partition coefficient (Wildman–Crippen LogP) is 2.20. The topological polar surface area (TPSA) is 82.3 Å². The van der Waals surface area contributed by atoms with E-state index in [9.17, 15) is 9.59 Å². The third-order valence-electron chi connectivity index (χ3n) is 2.51. The maximum absolute atomic E-state index is 11.5. The number of aromatic nitrogens is 1. The van der Waals surface area contributed by atoms with Crippen LogP contribution >= 0.6 is 23.1 Å². The summed E-state index contributed by atoms with van der Waals surface area (Å²) in [7, 11) is 0. The Bertz CT molecular complexity index is 594. The van der Waals surface area contributed by atoms with Gasteiger partial charge in [-0.1, -0.05) is 23.9 Å². The molecule has 106 valence electrons. The molecule has 1 aromatic heterocycles. The lowest BCUT2D eigenvalue weighted by atomic mass is 10.3. The summed E-state index contributed by atoms with van der Waals surface area (Å²) in [4.78, 5) is 26.7. The molecule has 0 saturated carbocycles. The number of carbonyl (C=O) groups excluding carboxylic acids is 2. The standard InChI is InChI=1S/C13H14N2O3S2/c1-8(12(14)17)18-11(16)6-7-19-13-15-9-4-2-3-5-10(9)20-13/h2-5,8H,6-7H2,1H3,(H2,14,17)/t8-/m0/s1. The molecule has 1 heterocycles. The maximum Gasteiger partial charge on any atom is 0.307 e. The van der Waals surface area contributed by atoms with Crippen LogP contribution in [0.2, 0.25) is 0 Å². The summed E-state index contributed by atoms with van der Waals surface area (Å²) in [6.45, 7) is 1.46. The van der Waals surface area contributed by atoms with Crippen molar-refractivity contribution in [2.75, 3.05) is 5.75 Å². The van der Waals surface area contributed by atoms with Crippen molar-refractivity contribution in [3.8, 4) is 0 Å². The first-order valence-corrected chi connectivity index (χ1v) is 7.83. The molecule has 0 bridgehead atoms. The lowest BCUT2D eigenvalue weighted by Gasteiger charge is -2.08. The van der Waals surface area contributed by atoms with Gasteiger partial charge in [0.05, 0.1) is 16.6 Å². The Balaban J connectivity index is 1.81. The minimum Gasteiger partial charge on any atom is -0.453 e. The second kappa shape index (κ2) is 6.71.